The van der Waals surface area contributed by atoms with Gasteiger partial charge in [-0.15, -0.1) is 0 Å². The number of carbonyl (C=O) groups is 1. The van der Waals surface area contributed by atoms with Gasteiger partial charge in [-0.25, -0.2) is 12.8 Å². The molecule has 2 aliphatic heterocycles. The molecule has 2 saturated heterocycles. The Morgan fingerprint density at radius 3 is 2.28 bits per heavy atom. The van der Waals surface area contributed by atoms with Crippen molar-refractivity contribution in [3.8, 4) is 0 Å². The predicted octanol–water partition coefficient (Wildman–Crippen LogP) is 3.57. The number of hydrogen-bond donors (Lipinski definition) is 1. The molecular weight excluding hydrogens is 429 g/mol. The number of nitrogens with one attached hydrogen (secondary N) is 1. The molecule has 0 radical (unpaired) electrons. The Bertz CT molecular complexity index is 1030. The fraction of sp³-hybridized carbons (Fsp3) is 0.458. The van der Waals surface area contributed by atoms with E-state index in [4.69, 9.17) is 0 Å². The molecule has 1 unspecified atom stereocenters. The van der Waals surface area contributed by atoms with Crippen LogP contribution in [0.25, 0.3) is 0 Å². The van der Waals surface area contributed by atoms with Crippen LogP contribution in [0, 0.1) is 5.82 Å². The first-order valence-electron chi connectivity index (χ1n) is 11.3. The van der Waals surface area contributed by atoms with Crippen molar-refractivity contribution in [3.05, 3.63) is 65.5 Å². The molecule has 2 aromatic carbocycles. The van der Waals surface area contributed by atoms with Crippen LogP contribution in [0.4, 0.5) is 4.39 Å². The van der Waals surface area contributed by atoms with E-state index in [0.29, 0.717) is 19.6 Å². The van der Waals surface area contributed by atoms with Crippen LogP contribution in [0.5, 0.6) is 0 Å². The Morgan fingerprint density at radius 1 is 0.938 bits per heavy atom. The molecule has 1 N–H and O–H groups in total. The molecule has 2 aliphatic rings. The van der Waals surface area contributed by atoms with Crippen molar-refractivity contribution in [3.63, 3.8) is 0 Å². The number of benzene rings is 2. The van der Waals surface area contributed by atoms with Crippen molar-refractivity contribution in [1.82, 2.24) is 14.5 Å². The highest BCUT2D eigenvalue weighted by atomic mass is 32.2. The molecule has 0 spiro atoms. The highest BCUT2D eigenvalue weighted by Gasteiger charge is 2.30. The van der Waals surface area contributed by atoms with Gasteiger partial charge in [0.15, 0.2) is 0 Å². The van der Waals surface area contributed by atoms with E-state index in [-0.39, 0.29) is 11.6 Å². The number of hydrogen-bond acceptors (Lipinski definition) is 4. The molecule has 0 bridgehead atoms. The summed E-state index contributed by atoms with van der Waals surface area (Å²) in [6, 6.07) is 13.7. The van der Waals surface area contributed by atoms with Crippen molar-refractivity contribution in [2.45, 2.75) is 43.0 Å². The Balaban J connectivity index is 1.51. The molecule has 8 heteroatoms. The molecule has 1 atom stereocenters. The van der Waals surface area contributed by atoms with Crippen LogP contribution in [0.2, 0.25) is 0 Å². The van der Waals surface area contributed by atoms with Crippen LogP contribution < -0.4 is 5.32 Å². The zero-order valence-corrected chi connectivity index (χ0v) is 19.0. The van der Waals surface area contributed by atoms with Gasteiger partial charge in [0.05, 0.1) is 6.04 Å². The van der Waals surface area contributed by atoms with Crippen molar-refractivity contribution in [2.24, 2.45) is 0 Å². The zero-order valence-electron chi connectivity index (χ0n) is 18.2. The maximum Gasteiger partial charge on any atom is 0.251 e. The molecule has 1 amide bonds. The maximum absolute atomic E-state index is 14.5. The second kappa shape index (κ2) is 10.1. The average Bonchev–Trinajstić information content (AvgIpc) is 3.35. The summed E-state index contributed by atoms with van der Waals surface area (Å²) in [5.41, 5.74) is 1.28. The molecule has 2 fully saturated rings. The summed E-state index contributed by atoms with van der Waals surface area (Å²) < 4.78 is 41.7. The van der Waals surface area contributed by atoms with Gasteiger partial charge in [0, 0.05) is 25.2 Å². The van der Waals surface area contributed by atoms with Crippen molar-refractivity contribution in [1.29, 1.82) is 0 Å². The van der Waals surface area contributed by atoms with Crippen LogP contribution in [0.15, 0.2) is 53.4 Å². The number of sulfonamides is 1. The Kier molecular flexibility index (Phi) is 7.23. The Hall–Kier alpha value is -2.29. The first-order valence-corrected chi connectivity index (χ1v) is 12.8. The van der Waals surface area contributed by atoms with Crippen LogP contribution in [-0.2, 0) is 10.0 Å². The Morgan fingerprint density at radius 2 is 1.59 bits per heavy atom. The van der Waals surface area contributed by atoms with Gasteiger partial charge in [-0.3, -0.25) is 9.69 Å². The summed E-state index contributed by atoms with van der Waals surface area (Å²) in [5, 5.41) is 2.94. The van der Waals surface area contributed by atoms with E-state index >= 15 is 0 Å². The molecule has 32 heavy (non-hydrogen) atoms. The summed E-state index contributed by atoms with van der Waals surface area (Å²) in [5.74, 6) is -1.23. The highest BCUT2D eigenvalue weighted by Crippen LogP contribution is 2.26. The first-order chi connectivity index (χ1) is 15.5. The third-order valence-corrected chi connectivity index (χ3v) is 8.26. The van der Waals surface area contributed by atoms with Crippen molar-refractivity contribution < 1.29 is 17.6 Å². The van der Waals surface area contributed by atoms with Crippen LogP contribution in [0.3, 0.4) is 0 Å². The summed E-state index contributed by atoms with van der Waals surface area (Å²) in [7, 11) is -3.97. The number of likely N-dealkylation sites (tertiary alicyclic amines) is 1. The van der Waals surface area contributed by atoms with Crippen LogP contribution in [0.1, 0.15) is 54.1 Å². The third-order valence-electron chi connectivity index (χ3n) is 6.35. The molecule has 0 aliphatic carbocycles. The largest absolute Gasteiger partial charge is 0.350 e. The topological polar surface area (TPSA) is 69.7 Å². The number of amides is 1. The lowest BCUT2D eigenvalue weighted by Crippen LogP contribution is -2.37. The van der Waals surface area contributed by atoms with E-state index in [0.717, 1.165) is 56.8 Å². The van der Waals surface area contributed by atoms with E-state index in [1.807, 2.05) is 18.2 Å². The second-order valence-electron chi connectivity index (χ2n) is 8.49. The third kappa shape index (κ3) is 5.03. The molecule has 2 heterocycles. The van der Waals surface area contributed by atoms with Gasteiger partial charge in [-0.05, 0) is 62.5 Å². The number of piperidine rings is 1. The first kappa shape index (κ1) is 22.9. The lowest BCUT2D eigenvalue weighted by atomic mass is 10.1. The predicted molar refractivity (Wildman–Crippen MR) is 121 cm³/mol. The van der Waals surface area contributed by atoms with Gasteiger partial charge < -0.3 is 5.32 Å². The van der Waals surface area contributed by atoms with Gasteiger partial charge in [0.2, 0.25) is 10.0 Å². The molecule has 6 nitrogen and oxygen atoms in total. The summed E-state index contributed by atoms with van der Waals surface area (Å²) in [6.07, 6.45) is 4.76. The second-order valence-corrected chi connectivity index (χ2v) is 10.4. The van der Waals surface area contributed by atoms with Gasteiger partial charge in [0.25, 0.3) is 5.91 Å². The summed E-state index contributed by atoms with van der Waals surface area (Å²) in [4.78, 5) is 14.8. The highest BCUT2D eigenvalue weighted by molar-refractivity contribution is 7.89. The molecule has 172 valence electrons. The van der Waals surface area contributed by atoms with Crippen molar-refractivity contribution >= 4 is 15.9 Å². The van der Waals surface area contributed by atoms with Crippen LogP contribution >= 0.6 is 0 Å². The average molecular weight is 460 g/mol. The minimum atomic E-state index is -3.97. The number of nitrogens with zero attached hydrogens (tertiary/aromatic N) is 2. The number of halogens is 1. The smallest absolute Gasteiger partial charge is 0.251 e. The van der Waals surface area contributed by atoms with E-state index in [2.05, 4.69) is 22.3 Å². The lowest BCUT2D eigenvalue weighted by molar-refractivity contribution is 0.0937. The van der Waals surface area contributed by atoms with Gasteiger partial charge in [-0.2, -0.15) is 4.31 Å². The minimum absolute atomic E-state index is 0.0413. The van der Waals surface area contributed by atoms with Crippen molar-refractivity contribution in [2.75, 3.05) is 32.7 Å². The van der Waals surface area contributed by atoms with E-state index in [1.54, 1.807) is 0 Å². The number of rotatable bonds is 7. The fourth-order valence-corrected chi connectivity index (χ4v) is 6.17. The van der Waals surface area contributed by atoms with Gasteiger partial charge in [0.1, 0.15) is 10.7 Å². The van der Waals surface area contributed by atoms with E-state index < -0.39 is 26.6 Å². The van der Waals surface area contributed by atoms with E-state index in [1.165, 1.54) is 16.4 Å². The SMILES string of the molecule is O=C(NCC(c1ccccc1)N1CCCC1)c1ccc(F)c(S(=O)(=O)N2CCCCC2)c1. The maximum atomic E-state index is 14.5. The standard InChI is InChI=1S/C24H30FN3O3S/c25-21-12-11-20(17-23(21)32(30,31)28-15-5-2-6-16-28)24(29)26-18-22(27-13-7-8-14-27)19-9-3-1-4-10-19/h1,3-4,9-12,17,22H,2,5-8,13-16,18H2,(H,26,29). The summed E-state index contributed by atoms with van der Waals surface area (Å²) in [6.45, 7) is 3.11. The molecule has 2 aromatic rings. The van der Waals surface area contributed by atoms with E-state index in [9.17, 15) is 17.6 Å². The number of carbonyl (C=O) groups excluding carboxylic acids is 1. The zero-order chi connectivity index (χ0) is 22.6. The normalized spacial score (nSPS) is 19.0. The molecular formula is C24H30FN3O3S. The van der Waals surface area contributed by atoms with Gasteiger partial charge in [-0.1, -0.05) is 36.8 Å². The van der Waals surface area contributed by atoms with Gasteiger partial charge >= 0.3 is 0 Å². The molecule has 4 rings (SSSR count). The monoisotopic (exact) mass is 459 g/mol. The summed E-state index contributed by atoms with van der Waals surface area (Å²) >= 11 is 0. The lowest BCUT2D eigenvalue weighted by Gasteiger charge is -2.28. The molecule has 0 saturated carbocycles. The fourth-order valence-electron chi connectivity index (χ4n) is 4.56. The minimum Gasteiger partial charge on any atom is -0.350 e. The quantitative estimate of drug-likeness (QED) is 0.687. The Labute approximate surface area is 189 Å². The van der Waals surface area contributed by atoms with Crippen LogP contribution in [-0.4, -0.2) is 56.3 Å². The molecule has 0 aromatic heterocycles.